The Labute approximate surface area is 116 Å². The van der Waals surface area contributed by atoms with Crippen molar-refractivity contribution in [3.63, 3.8) is 0 Å². The summed E-state index contributed by atoms with van der Waals surface area (Å²) in [5.41, 5.74) is 1.01. The first-order valence-corrected chi connectivity index (χ1v) is 7.00. The molecule has 0 unspecified atom stereocenters. The third-order valence-corrected chi connectivity index (χ3v) is 4.03. The molecular formula is C16H17NO3. The van der Waals surface area contributed by atoms with Gasteiger partial charge in [0.2, 0.25) is 5.91 Å². The van der Waals surface area contributed by atoms with E-state index in [9.17, 15) is 9.59 Å². The molecule has 0 spiro atoms. The first-order valence-electron chi connectivity index (χ1n) is 7.00. The maximum absolute atomic E-state index is 12.6. The van der Waals surface area contributed by atoms with E-state index in [0.717, 1.165) is 19.3 Å². The molecule has 0 radical (unpaired) electrons. The second kappa shape index (κ2) is 5.12. The molecule has 2 aromatic rings. The quantitative estimate of drug-likeness (QED) is 0.788. The van der Waals surface area contributed by atoms with Crippen LogP contribution in [0, 0.1) is 11.8 Å². The van der Waals surface area contributed by atoms with Crippen LogP contribution < -0.4 is 5.76 Å². The Hall–Kier alpha value is -2.10. The molecule has 0 bridgehead atoms. The van der Waals surface area contributed by atoms with E-state index in [0.29, 0.717) is 11.1 Å². The summed E-state index contributed by atoms with van der Waals surface area (Å²) in [5.74, 6) is -0.790. The summed E-state index contributed by atoms with van der Waals surface area (Å²) in [6, 6.07) is 7.02. The Morgan fingerprint density at radius 3 is 2.95 bits per heavy atom. The highest BCUT2D eigenvalue weighted by Crippen LogP contribution is 2.26. The molecule has 4 nitrogen and oxygen atoms in total. The lowest BCUT2D eigenvalue weighted by Crippen LogP contribution is -2.31. The molecule has 0 saturated heterocycles. The lowest BCUT2D eigenvalue weighted by atomic mass is 9.85. The van der Waals surface area contributed by atoms with Gasteiger partial charge in [0.1, 0.15) is 0 Å². The van der Waals surface area contributed by atoms with Gasteiger partial charge in [-0.1, -0.05) is 31.2 Å². The van der Waals surface area contributed by atoms with Crippen LogP contribution in [0.3, 0.4) is 0 Å². The van der Waals surface area contributed by atoms with E-state index >= 15 is 0 Å². The summed E-state index contributed by atoms with van der Waals surface area (Å²) in [7, 11) is 0. The number of carbonyl (C=O) groups excluding carboxylic acids is 1. The van der Waals surface area contributed by atoms with Gasteiger partial charge in [-0.3, -0.25) is 4.79 Å². The van der Waals surface area contributed by atoms with Crippen LogP contribution in [-0.2, 0) is 0 Å². The zero-order chi connectivity index (χ0) is 14.1. The van der Waals surface area contributed by atoms with Crippen LogP contribution in [0.25, 0.3) is 11.1 Å². The third-order valence-electron chi connectivity index (χ3n) is 4.03. The number of rotatable bonds is 2. The third kappa shape index (κ3) is 2.11. The zero-order valence-corrected chi connectivity index (χ0v) is 11.4. The zero-order valence-electron chi connectivity index (χ0n) is 11.4. The Morgan fingerprint density at radius 1 is 1.40 bits per heavy atom. The standard InChI is InChI=1S/C16H17NO3/c1-11(12-7-3-2-4-8-12)15(18)17-13-9-5-6-10-14(13)20-16(17)19/h3,5-7,9-12H,2,4,8H2,1H3/t11-,12+/m0/s1. The Kier molecular flexibility index (Phi) is 3.30. The molecule has 104 valence electrons. The lowest BCUT2D eigenvalue weighted by molar-refractivity contribution is 0.0806. The number of nitrogens with zero attached hydrogens (tertiary/aromatic N) is 1. The number of benzene rings is 1. The van der Waals surface area contributed by atoms with Gasteiger partial charge in [-0.05, 0) is 37.3 Å². The highest BCUT2D eigenvalue weighted by Gasteiger charge is 2.27. The topological polar surface area (TPSA) is 52.2 Å². The van der Waals surface area contributed by atoms with Crippen molar-refractivity contribution in [3.8, 4) is 0 Å². The van der Waals surface area contributed by atoms with Gasteiger partial charge in [-0.2, -0.15) is 0 Å². The molecule has 1 aliphatic rings. The first kappa shape index (κ1) is 12.9. The van der Waals surface area contributed by atoms with Crippen LogP contribution in [0.2, 0.25) is 0 Å². The van der Waals surface area contributed by atoms with Crippen LogP contribution >= 0.6 is 0 Å². The van der Waals surface area contributed by atoms with Gasteiger partial charge in [0.05, 0.1) is 5.52 Å². The van der Waals surface area contributed by atoms with E-state index in [2.05, 4.69) is 12.2 Å². The SMILES string of the molecule is C[C@H](C(=O)n1c(=O)oc2ccccc21)[C@@H]1C=CCCC1. The molecule has 1 heterocycles. The highest BCUT2D eigenvalue weighted by atomic mass is 16.4. The summed E-state index contributed by atoms with van der Waals surface area (Å²) in [5, 5.41) is 0. The maximum Gasteiger partial charge on any atom is 0.426 e. The fraction of sp³-hybridized carbons (Fsp3) is 0.375. The summed E-state index contributed by atoms with van der Waals surface area (Å²) in [4.78, 5) is 24.5. The van der Waals surface area contributed by atoms with Crippen molar-refractivity contribution in [1.82, 2.24) is 4.57 Å². The average Bonchev–Trinajstić information content (AvgIpc) is 2.82. The monoisotopic (exact) mass is 271 g/mol. The number of hydrogen-bond acceptors (Lipinski definition) is 3. The lowest BCUT2D eigenvalue weighted by Gasteiger charge is -2.22. The second-order valence-electron chi connectivity index (χ2n) is 5.32. The number of oxazole rings is 1. The summed E-state index contributed by atoms with van der Waals surface area (Å²) in [6.07, 6.45) is 7.38. The molecule has 0 amide bonds. The first-order chi connectivity index (χ1) is 9.68. The van der Waals surface area contributed by atoms with Gasteiger partial charge in [0.25, 0.3) is 0 Å². The van der Waals surface area contributed by atoms with Crippen LogP contribution in [0.5, 0.6) is 0 Å². The van der Waals surface area contributed by atoms with Crippen molar-refractivity contribution in [3.05, 3.63) is 47.0 Å². The summed E-state index contributed by atoms with van der Waals surface area (Å²) >= 11 is 0. The predicted octanol–water partition coefficient (Wildman–Crippen LogP) is 3.23. The van der Waals surface area contributed by atoms with Crippen LogP contribution in [0.15, 0.2) is 45.6 Å². The molecule has 1 aromatic heterocycles. The Bertz CT molecular complexity index is 723. The number of carbonyl (C=O) groups is 1. The predicted molar refractivity (Wildman–Crippen MR) is 76.7 cm³/mol. The minimum atomic E-state index is -0.595. The smallest absolute Gasteiger partial charge is 0.407 e. The summed E-state index contributed by atoms with van der Waals surface area (Å²) in [6.45, 7) is 1.89. The molecule has 0 aliphatic heterocycles. The fourth-order valence-electron chi connectivity index (χ4n) is 2.82. The summed E-state index contributed by atoms with van der Waals surface area (Å²) < 4.78 is 6.30. The van der Waals surface area contributed by atoms with E-state index in [1.165, 1.54) is 4.57 Å². The van der Waals surface area contributed by atoms with Gasteiger partial charge in [-0.15, -0.1) is 0 Å². The number of hydrogen-bond donors (Lipinski definition) is 0. The maximum atomic E-state index is 12.6. The molecule has 0 saturated carbocycles. The average molecular weight is 271 g/mol. The second-order valence-corrected chi connectivity index (χ2v) is 5.32. The van der Waals surface area contributed by atoms with Crippen LogP contribution in [-0.4, -0.2) is 10.5 Å². The molecule has 0 fully saturated rings. The van der Waals surface area contributed by atoms with E-state index < -0.39 is 5.76 Å². The van der Waals surface area contributed by atoms with Crippen molar-refractivity contribution in [2.75, 3.05) is 0 Å². The molecule has 2 atom stereocenters. The van der Waals surface area contributed by atoms with Gasteiger partial charge in [-0.25, -0.2) is 9.36 Å². The van der Waals surface area contributed by atoms with Gasteiger partial charge >= 0.3 is 5.76 Å². The largest absolute Gasteiger partial charge is 0.426 e. The minimum absolute atomic E-state index is 0.184. The molecule has 3 rings (SSSR count). The molecular weight excluding hydrogens is 254 g/mol. The van der Waals surface area contributed by atoms with Crippen molar-refractivity contribution in [2.24, 2.45) is 11.8 Å². The number of allylic oxidation sites excluding steroid dienone is 2. The van der Waals surface area contributed by atoms with Gasteiger partial charge in [0, 0.05) is 5.92 Å². The van der Waals surface area contributed by atoms with Crippen molar-refractivity contribution < 1.29 is 9.21 Å². The van der Waals surface area contributed by atoms with Crippen LogP contribution in [0.4, 0.5) is 0 Å². The molecule has 1 aliphatic carbocycles. The van der Waals surface area contributed by atoms with E-state index in [4.69, 9.17) is 4.42 Å². The van der Waals surface area contributed by atoms with Gasteiger partial charge in [0.15, 0.2) is 5.58 Å². The molecule has 1 aromatic carbocycles. The minimum Gasteiger partial charge on any atom is -0.407 e. The molecule has 20 heavy (non-hydrogen) atoms. The van der Waals surface area contributed by atoms with E-state index in [1.54, 1.807) is 24.3 Å². The number of fused-ring (bicyclic) bond motifs is 1. The highest BCUT2D eigenvalue weighted by molar-refractivity contribution is 5.90. The Balaban J connectivity index is 2.00. The van der Waals surface area contributed by atoms with Crippen LogP contribution in [0.1, 0.15) is 31.0 Å². The normalized spacial score (nSPS) is 20.1. The van der Waals surface area contributed by atoms with E-state index in [1.807, 2.05) is 6.92 Å². The number of para-hydroxylation sites is 2. The van der Waals surface area contributed by atoms with Crippen molar-refractivity contribution >= 4 is 17.0 Å². The Morgan fingerprint density at radius 2 is 2.20 bits per heavy atom. The van der Waals surface area contributed by atoms with Crippen molar-refractivity contribution in [2.45, 2.75) is 26.2 Å². The van der Waals surface area contributed by atoms with Gasteiger partial charge < -0.3 is 4.42 Å². The molecule has 4 heteroatoms. The molecule has 0 N–H and O–H groups in total. The fourth-order valence-corrected chi connectivity index (χ4v) is 2.82. The van der Waals surface area contributed by atoms with Crippen molar-refractivity contribution in [1.29, 1.82) is 0 Å². The van der Waals surface area contributed by atoms with E-state index in [-0.39, 0.29) is 17.7 Å². The number of aromatic nitrogens is 1.